The fourth-order valence-corrected chi connectivity index (χ4v) is 0.771. The van der Waals surface area contributed by atoms with Crippen molar-refractivity contribution >= 4 is 11.9 Å². The Morgan fingerprint density at radius 1 is 1.46 bits per heavy atom. The Morgan fingerprint density at radius 2 is 2.00 bits per heavy atom. The van der Waals surface area contributed by atoms with Gasteiger partial charge in [0, 0.05) is 0 Å². The molecule has 0 fully saturated rings. The van der Waals surface area contributed by atoms with Crippen LogP contribution in [-0.2, 0) is 14.3 Å². The molecule has 0 heterocycles. The van der Waals surface area contributed by atoms with Crippen LogP contribution >= 0.6 is 0 Å². The average Bonchev–Trinajstić information content (AvgIpc) is 2.03. The van der Waals surface area contributed by atoms with Crippen molar-refractivity contribution in [3.05, 3.63) is 0 Å². The average molecular weight is 188 g/mol. The molecule has 76 valence electrons. The van der Waals surface area contributed by atoms with Gasteiger partial charge >= 0.3 is 5.97 Å². The molecule has 3 N–H and O–H groups in total. The number of rotatable bonds is 5. The van der Waals surface area contributed by atoms with Crippen molar-refractivity contribution in [3.63, 3.8) is 0 Å². The highest BCUT2D eigenvalue weighted by Crippen LogP contribution is 1.92. The molecule has 0 aromatic carbocycles. The molecule has 1 unspecified atom stereocenters. The van der Waals surface area contributed by atoms with Crippen molar-refractivity contribution in [1.29, 1.82) is 0 Å². The normalized spacial score (nSPS) is 12.6. The van der Waals surface area contributed by atoms with E-state index in [1.807, 2.05) is 13.8 Å². The fourth-order valence-electron chi connectivity index (χ4n) is 0.771. The van der Waals surface area contributed by atoms with Gasteiger partial charge in [0.1, 0.15) is 0 Å². The van der Waals surface area contributed by atoms with Crippen LogP contribution in [0.5, 0.6) is 0 Å². The fraction of sp³-hybridized carbons (Fsp3) is 0.750. The molecule has 0 spiro atoms. The maximum Gasteiger partial charge on any atom is 0.332 e. The molecular weight excluding hydrogens is 172 g/mol. The summed E-state index contributed by atoms with van der Waals surface area (Å²) < 4.78 is 4.40. The summed E-state index contributed by atoms with van der Waals surface area (Å²) in [5.41, 5.74) is 5.00. The van der Waals surface area contributed by atoms with Crippen LogP contribution in [0.2, 0.25) is 0 Å². The van der Waals surface area contributed by atoms with Gasteiger partial charge in [0.2, 0.25) is 5.91 Å². The highest BCUT2D eigenvalue weighted by Gasteiger charge is 2.24. The SMILES string of the molecule is COC(=O)C(NCC(C)C)C(N)=O. The molecule has 0 aliphatic rings. The van der Waals surface area contributed by atoms with E-state index in [4.69, 9.17) is 5.73 Å². The van der Waals surface area contributed by atoms with E-state index in [2.05, 4.69) is 10.1 Å². The zero-order chi connectivity index (χ0) is 10.4. The smallest absolute Gasteiger partial charge is 0.332 e. The van der Waals surface area contributed by atoms with Crippen LogP contribution < -0.4 is 11.1 Å². The van der Waals surface area contributed by atoms with E-state index in [0.29, 0.717) is 12.5 Å². The number of methoxy groups -OCH3 is 1. The number of hydrogen-bond acceptors (Lipinski definition) is 4. The molecule has 0 bridgehead atoms. The first kappa shape index (κ1) is 11.9. The summed E-state index contributed by atoms with van der Waals surface area (Å²) >= 11 is 0. The summed E-state index contributed by atoms with van der Waals surface area (Å²) in [6.45, 7) is 4.47. The predicted octanol–water partition coefficient (Wildman–Crippen LogP) is -0.741. The van der Waals surface area contributed by atoms with Crippen LogP contribution in [0, 0.1) is 5.92 Å². The van der Waals surface area contributed by atoms with Gasteiger partial charge in [-0.2, -0.15) is 0 Å². The van der Waals surface area contributed by atoms with Crippen LogP contribution in [0.1, 0.15) is 13.8 Å². The Balaban J connectivity index is 4.11. The van der Waals surface area contributed by atoms with E-state index in [1.54, 1.807) is 0 Å². The molecule has 0 aliphatic carbocycles. The molecule has 0 aromatic rings. The molecule has 5 nitrogen and oxygen atoms in total. The Bertz CT molecular complexity index is 192. The summed E-state index contributed by atoms with van der Waals surface area (Å²) in [5.74, 6) is -1.02. The number of amides is 1. The third kappa shape index (κ3) is 4.47. The second-order valence-corrected chi connectivity index (χ2v) is 3.16. The summed E-state index contributed by atoms with van der Waals surface area (Å²) in [6, 6.07) is -1.03. The zero-order valence-corrected chi connectivity index (χ0v) is 8.16. The van der Waals surface area contributed by atoms with E-state index in [1.165, 1.54) is 7.11 Å². The number of nitrogens with one attached hydrogen (secondary N) is 1. The van der Waals surface area contributed by atoms with Gasteiger partial charge in [-0.15, -0.1) is 0 Å². The van der Waals surface area contributed by atoms with E-state index in [9.17, 15) is 9.59 Å². The van der Waals surface area contributed by atoms with Gasteiger partial charge in [-0.25, -0.2) is 4.79 Å². The van der Waals surface area contributed by atoms with Gasteiger partial charge in [-0.1, -0.05) is 13.8 Å². The lowest BCUT2D eigenvalue weighted by Crippen LogP contribution is -2.48. The van der Waals surface area contributed by atoms with Crippen molar-refractivity contribution in [1.82, 2.24) is 5.32 Å². The monoisotopic (exact) mass is 188 g/mol. The van der Waals surface area contributed by atoms with Crippen molar-refractivity contribution in [2.75, 3.05) is 13.7 Å². The van der Waals surface area contributed by atoms with Crippen LogP contribution in [0.4, 0.5) is 0 Å². The standard InChI is InChI=1S/C8H16N2O3/c1-5(2)4-10-6(7(9)11)8(12)13-3/h5-6,10H,4H2,1-3H3,(H2,9,11). The molecule has 0 saturated carbocycles. The van der Waals surface area contributed by atoms with Gasteiger partial charge < -0.3 is 10.5 Å². The van der Waals surface area contributed by atoms with Crippen LogP contribution in [0.3, 0.4) is 0 Å². The third-order valence-electron chi connectivity index (χ3n) is 1.45. The van der Waals surface area contributed by atoms with E-state index in [-0.39, 0.29) is 0 Å². The predicted molar refractivity (Wildman–Crippen MR) is 47.8 cm³/mol. The number of hydrogen-bond donors (Lipinski definition) is 2. The topological polar surface area (TPSA) is 81.4 Å². The first-order chi connectivity index (χ1) is 5.99. The summed E-state index contributed by atoms with van der Waals surface area (Å²) in [5, 5.41) is 2.72. The van der Waals surface area contributed by atoms with Crippen molar-refractivity contribution in [2.24, 2.45) is 11.7 Å². The molecule has 0 saturated heterocycles. The van der Waals surface area contributed by atoms with Gasteiger partial charge in [0.25, 0.3) is 0 Å². The van der Waals surface area contributed by atoms with Gasteiger partial charge in [0.15, 0.2) is 6.04 Å². The number of primary amides is 1. The molecule has 1 amide bonds. The summed E-state index contributed by atoms with van der Waals surface area (Å²) in [7, 11) is 1.22. The van der Waals surface area contributed by atoms with Gasteiger partial charge in [-0.3, -0.25) is 10.1 Å². The van der Waals surface area contributed by atoms with E-state index < -0.39 is 17.9 Å². The molecule has 0 rings (SSSR count). The molecule has 1 atom stereocenters. The van der Waals surface area contributed by atoms with Crippen LogP contribution in [-0.4, -0.2) is 31.6 Å². The number of carbonyl (C=O) groups excluding carboxylic acids is 2. The minimum Gasteiger partial charge on any atom is -0.467 e. The first-order valence-corrected chi connectivity index (χ1v) is 4.09. The van der Waals surface area contributed by atoms with Gasteiger partial charge in [0.05, 0.1) is 7.11 Å². The molecule has 5 heteroatoms. The lowest BCUT2D eigenvalue weighted by Gasteiger charge is -2.14. The molecule has 13 heavy (non-hydrogen) atoms. The van der Waals surface area contributed by atoms with Crippen LogP contribution in [0.15, 0.2) is 0 Å². The van der Waals surface area contributed by atoms with E-state index in [0.717, 1.165) is 0 Å². The van der Waals surface area contributed by atoms with Crippen molar-refractivity contribution in [2.45, 2.75) is 19.9 Å². The quantitative estimate of drug-likeness (QED) is 0.440. The molecular formula is C8H16N2O3. The number of esters is 1. The van der Waals surface area contributed by atoms with Crippen molar-refractivity contribution in [3.8, 4) is 0 Å². The Labute approximate surface area is 77.6 Å². The maximum absolute atomic E-state index is 11.0. The van der Waals surface area contributed by atoms with E-state index >= 15 is 0 Å². The minimum absolute atomic E-state index is 0.339. The second kappa shape index (κ2) is 5.53. The Kier molecular flexibility index (Phi) is 5.06. The van der Waals surface area contributed by atoms with Crippen molar-refractivity contribution < 1.29 is 14.3 Å². The number of nitrogens with two attached hydrogens (primary N) is 1. The van der Waals surface area contributed by atoms with Gasteiger partial charge in [-0.05, 0) is 12.5 Å². The number of carbonyl (C=O) groups is 2. The maximum atomic E-state index is 11.0. The Morgan fingerprint density at radius 3 is 2.31 bits per heavy atom. The summed E-state index contributed by atoms with van der Waals surface area (Å²) in [4.78, 5) is 21.8. The lowest BCUT2D eigenvalue weighted by atomic mass is 10.2. The van der Waals surface area contributed by atoms with Crippen LogP contribution in [0.25, 0.3) is 0 Å². The first-order valence-electron chi connectivity index (χ1n) is 4.09. The highest BCUT2D eigenvalue weighted by atomic mass is 16.5. The highest BCUT2D eigenvalue weighted by molar-refractivity contribution is 6.01. The Hall–Kier alpha value is -1.10. The third-order valence-corrected chi connectivity index (χ3v) is 1.45. The largest absolute Gasteiger partial charge is 0.467 e. The molecule has 0 radical (unpaired) electrons. The summed E-state index contributed by atoms with van der Waals surface area (Å²) in [6.07, 6.45) is 0. The molecule has 0 aromatic heterocycles. The second-order valence-electron chi connectivity index (χ2n) is 3.16. The number of ether oxygens (including phenoxy) is 1. The molecule has 0 aliphatic heterocycles. The zero-order valence-electron chi connectivity index (χ0n) is 8.16. The minimum atomic E-state index is -1.03. The lowest BCUT2D eigenvalue weighted by molar-refractivity contribution is -0.146.